The summed E-state index contributed by atoms with van der Waals surface area (Å²) < 4.78 is 17.9. The Labute approximate surface area is 80.9 Å². The van der Waals surface area contributed by atoms with Crippen LogP contribution in [0.2, 0.25) is 0 Å². The standard InChI is InChI=1S/C10H10FNO2/c11-9-4-2-1-3-7(9)5-8-6-14-10(13)12-8/h1-4,8H,5-6H2,(H,12,13). The third kappa shape index (κ3) is 1.84. The van der Waals surface area contributed by atoms with Gasteiger partial charge in [-0.1, -0.05) is 18.2 Å². The molecular weight excluding hydrogens is 185 g/mol. The number of hydrogen-bond donors (Lipinski definition) is 1. The van der Waals surface area contributed by atoms with Gasteiger partial charge in [0.05, 0.1) is 6.04 Å². The van der Waals surface area contributed by atoms with Crippen LogP contribution in [0.4, 0.5) is 9.18 Å². The first-order chi connectivity index (χ1) is 6.75. The number of cyclic esters (lactones) is 1. The Balaban J connectivity index is 2.04. The lowest BCUT2D eigenvalue weighted by molar-refractivity contribution is 0.177. The molecule has 1 fully saturated rings. The van der Waals surface area contributed by atoms with E-state index in [0.29, 0.717) is 18.6 Å². The Kier molecular flexibility index (Phi) is 2.35. The molecule has 0 bridgehead atoms. The lowest BCUT2D eigenvalue weighted by atomic mass is 10.1. The molecule has 3 nitrogen and oxygen atoms in total. The van der Waals surface area contributed by atoms with Crippen molar-refractivity contribution in [1.82, 2.24) is 5.32 Å². The maximum absolute atomic E-state index is 13.2. The van der Waals surface area contributed by atoms with Crippen LogP contribution in [0.3, 0.4) is 0 Å². The molecule has 2 rings (SSSR count). The van der Waals surface area contributed by atoms with Crippen LogP contribution in [0, 0.1) is 5.82 Å². The van der Waals surface area contributed by atoms with Crippen molar-refractivity contribution in [2.45, 2.75) is 12.5 Å². The smallest absolute Gasteiger partial charge is 0.407 e. The van der Waals surface area contributed by atoms with Crippen molar-refractivity contribution in [1.29, 1.82) is 0 Å². The van der Waals surface area contributed by atoms with Crippen molar-refractivity contribution in [2.24, 2.45) is 0 Å². The van der Waals surface area contributed by atoms with Crippen LogP contribution in [0.15, 0.2) is 24.3 Å². The Hall–Kier alpha value is -1.58. The molecular formula is C10H10FNO2. The second-order valence-corrected chi connectivity index (χ2v) is 3.24. The quantitative estimate of drug-likeness (QED) is 0.776. The SMILES string of the molecule is O=C1NC(Cc2ccccc2F)CO1. The number of benzene rings is 1. The van der Waals surface area contributed by atoms with E-state index >= 15 is 0 Å². The number of alkyl carbamates (subject to hydrolysis) is 1. The van der Waals surface area contributed by atoms with Gasteiger partial charge >= 0.3 is 6.09 Å². The molecule has 1 N–H and O–H groups in total. The van der Waals surface area contributed by atoms with Crippen LogP contribution < -0.4 is 5.32 Å². The Morgan fingerprint density at radius 1 is 1.50 bits per heavy atom. The average Bonchev–Trinajstić information content (AvgIpc) is 2.56. The van der Waals surface area contributed by atoms with Gasteiger partial charge in [-0.2, -0.15) is 0 Å². The maximum Gasteiger partial charge on any atom is 0.407 e. The molecule has 1 unspecified atom stereocenters. The van der Waals surface area contributed by atoms with Crippen LogP contribution in [0.1, 0.15) is 5.56 Å². The molecule has 1 amide bonds. The number of amides is 1. The van der Waals surface area contributed by atoms with Gasteiger partial charge in [0, 0.05) is 0 Å². The zero-order valence-electron chi connectivity index (χ0n) is 7.50. The summed E-state index contributed by atoms with van der Waals surface area (Å²) >= 11 is 0. The maximum atomic E-state index is 13.2. The van der Waals surface area contributed by atoms with Gasteiger partial charge in [-0.25, -0.2) is 9.18 Å². The normalized spacial score (nSPS) is 20.4. The highest BCUT2D eigenvalue weighted by Crippen LogP contribution is 2.11. The Morgan fingerprint density at radius 3 is 2.93 bits per heavy atom. The summed E-state index contributed by atoms with van der Waals surface area (Å²) in [4.78, 5) is 10.7. The van der Waals surface area contributed by atoms with Crippen LogP contribution in [0.25, 0.3) is 0 Å². The van der Waals surface area contributed by atoms with Crippen LogP contribution >= 0.6 is 0 Å². The molecule has 1 heterocycles. The fourth-order valence-electron chi connectivity index (χ4n) is 1.47. The summed E-state index contributed by atoms with van der Waals surface area (Å²) in [5, 5.41) is 2.60. The van der Waals surface area contributed by atoms with Crippen molar-refractivity contribution in [3.63, 3.8) is 0 Å². The second kappa shape index (κ2) is 3.65. The molecule has 1 aromatic carbocycles. The van der Waals surface area contributed by atoms with Crippen LogP contribution in [0.5, 0.6) is 0 Å². The first kappa shape index (κ1) is 8.99. The Morgan fingerprint density at radius 2 is 2.29 bits per heavy atom. The van der Waals surface area contributed by atoms with E-state index in [1.807, 2.05) is 0 Å². The largest absolute Gasteiger partial charge is 0.447 e. The highest BCUT2D eigenvalue weighted by molar-refractivity contribution is 5.69. The topological polar surface area (TPSA) is 38.3 Å². The first-order valence-corrected chi connectivity index (χ1v) is 4.42. The van der Waals surface area contributed by atoms with Crippen molar-refractivity contribution in [3.05, 3.63) is 35.6 Å². The van der Waals surface area contributed by atoms with E-state index in [0.717, 1.165) is 0 Å². The number of ether oxygens (including phenoxy) is 1. The van der Waals surface area contributed by atoms with Gasteiger partial charge < -0.3 is 10.1 Å². The number of nitrogens with one attached hydrogen (secondary N) is 1. The molecule has 0 radical (unpaired) electrons. The number of rotatable bonds is 2. The Bertz CT molecular complexity index is 354. The van der Waals surface area contributed by atoms with Gasteiger partial charge in [0.2, 0.25) is 0 Å². The minimum atomic E-state index is -0.425. The van der Waals surface area contributed by atoms with Crippen molar-refractivity contribution < 1.29 is 13.9 Å². The molecule has 0 aliphatic carbocycles. The zero-order valence-corrected chi connectivity index (χ0v) is 7.50. The molecule has 1 aromatic rings. The van der Waals surface area contributed by atoms with E-state index in [9.17, 15) is 9.18 Å². The van der Waals surface area contributed by atoms with Gasteiger partial charge in [-0.15, -0.1) is 0 Å². The van der Waals surface area contributed by atoms with Gasteiger partial charge in [0.15, 0.2) is 0 Å². The summed E-state index contributed by atoms with van der Waals surface area (Å²) in [5.41, 5.74) is 0.600. The van der Waals surface area contributed by atoms with E-state index < -0.39 is 6.09 Å². The predicted octanol–water partition coefficient (Wildman–Crippen LogP) is 1.48. The lowest BCUT2D eigenvalue weighted by Gasteiger charge is -2.07. The molecule has 1 saturated heterocycles. The summed E-state index contributed by atoms with van der Waals surface area (Å²) in [5.74, 6) is -0.242. The van der Waals surface area contributed by atoms with Crippen LogP contribution in [-0.2, 0) is 11.2 Å². The van der Waals surface area contributed by atoms with E-state index in [4.69, 9.17) is 4.74 Å². The number of halogens is 1. The van der Waals surface area contributed by atoms with E-state index in [2.05, 4.69) is 5.32 Å². The third-order valence-electron chi connectivity index (χ3n) is 2.16. The molecule has 0 spiro atoms. The number of hydrogen-bond acceptors (Lipinski definition) is 2. The van der Waals surface area contributed by atoms with Crippen LogP contribution in [-0.4, -0.2) is 18.7 Å². The van der Waals surface area contributed by atoms with Gasteiger partial charge in [0.25, 0.3) is 0 Å². The first-order valence-electron chi connectivity index (χ1n) is 4.42. The molecule has 74 valence electrons. The fraction of sp³-hybridized carbons (Fsp3) is 0.300. The molecule has 1 aliphatic rings. The van der Waals surface area contributed by atoms with Gasteiger partial charge in [0.1, 0.15) is 12.4 Å². The lowest BCUT2D eigenvalue weighted by Crippen LogP contribution is -2.28. The van der Waals surface area contributed by atoms with E-state index in [-0.39, 0.29) is 11.9 Å². The van der Waals surface area contributed by atoms with Gasteiger partial charge in [-0.05, 0) is 18.1 Å². The highest BCUT2D eigenvalue weighted by Gasteiger charge is 2.22. The zero-order chi connectivity index (χ0) is 9.97. The van der Waals surface area contributed by atoms with E-state index in [1.54, 1.807) is 18.2 Å². The van der Waals surface area contributed by atoms with Crippen molar-refractivity contribution >= 4 is 6.09 Å². The molecule has 1 atom stereocenters. The molecule has 1 aliphatic heterocycles. The molecule has 4 heteroatoms. The minimum absolute atomic E-state index is 0.112. The summed E-state index contributed by atoms with van der Waals surface area (Å²) in [6.07, 6.45) is 0.0460. The minimum Gasteiger partial charge on any atom is -0.447 e. The molecule has 0 aromatic heterocycles. The number of carbonyl (C=O) groups is 1. The summed E-state index contributed by atoms with van der Waals surface area (Å²) in [7, 11) is 0. The average molecular weight is 195 g/mol. The van der Waals surface area contributed by atoms with E-state index in [1.165, 1.54) is 6.07 Å². The summed E-state index contributed by atoms with van der Waals surface area (Å²) in [6.45, 7) is 0.313. The molecule has 14 heavy (non-hydrogen) atoms. The fourth-order valence-corrected chi connectivity index (χ4v) is 1.47. The highest BCUT2D eigenvalue weighted by atomic mass is 19.1. The van der Waals surface area contributed by atoms with Gasteiger partial charge in [-0.3, -0.25) is 0 Å². The second-order valence-electron chi connectivity index (χ2n) is 3.24. The number of carbonyl (C=O) groups excluding carboxylic acids is 1. The molecule has 0 saturated carbocycles. The predicted molar refractivity (Wildman–Crippen MR) is 48.4 cm³/mol. The van der Waals surface area contributed by atoms with Crippen molar-refractivity contribution in [2.75, 3.05) is 6.61 Å². The van der Waals surface area contributed by atoms with Crippen molar-refractivity contribution in [3.8, 4) is 0 Å². The third-order valence-corrected chi connectivity index (χ3v) is 2.16. The monoisotopic (exact) mass is 195 g/mol. The summed E-state index contributed by atoms with van der Waals surface area (Å²) in [6, 6.07) is 6.42.